The van der Waals surface area contributed by atoms with Crippen LogP contribution in [0, 0.1) is 10.1 Å². The minimum absolute atomic E-state index is 0.0249. The molecule has 0 bridgehead atoms. The van der Waals surface area contributed by atoms with Crippen LogP contribution in [0.3, 0.4) is 0 Å². The number of hydrogen-bond donors (Lipinski definition) is 0. The Morgan fingerprint density at radius 2 is 2.50 bits per heavy atom. The Labute approximate surface area is 57.6 Å². The largest absolute Gasteiger partial charge is 0.462 e. The lowest BCUT2D eigenvalue weighted by Crippen LogP contribution is -1.82. The minimum Gasteiger partial charge on any atom is -0.462 e. The van der Waals surface area contributed by atoms with Gasteiger partial charge in [0.05, 0.1) is 11.0 Å². The van der Waals surface area contributed by atoms with Gasteiger partial charge in [0, 0.05) is 6.42 Å². The first-order valence-electron chi connectivity index (χ1n) is 2.96. The van der Waals surface area contributed by atoms with Crippen molar-refractivity contribution in [2.24, 2.45) is 0 Å². The standard InChI is InChI=1S/C6H7NO3/c1-2-6-3-5(4-10-6)7(8)9/h3-4H,2H2,1H3. The lowest BCUT2D eigenvalue weighted by atomic mass is 10.3. The Balaban J connectivity index is 2.88. The van der Waals surface area contributed by atoms with Gasteiger partial charge in [0.2, 0.25) is 0 Å². The quantitative estimate of drug-likeness (QED) is 0.465. The topological polar surface area (TPSA) is 56.3 Å². The third-order valence-electron chi connectivity index (χ3n) is 1.20. The maximum absolute atomic E-state index is 10.1. The molecule has 0 radical (unpaired) electrons. The Kier molecular flexibility index (Phi) is 1.71. The summed E-state index contributed by atoms with van der Waals surface area (Å²) in [5, 5.41) is 10.1. The van der Waals surface area contributed by atoms with Crippen LogP contribution in [0.25, 0.3) is 0 Å². The highest BCUT2D eigenvalue weighted by Gasteiger charge is 2.08. The van der Waals surface area contributed by atoms with E-state index in [0.29, 0.717) is 12.2 Å². The third-order valence-corrected chi connectivity index (χ3v) is 1.20. The van der Waals surface area contributed by atoms with Crippen molar-refractivity contribution in [2.75, 3.05) is 0 Å². The molecule has 0 aliphatic heterocycles. The summed E-state index contributed by atoms with van der Waals surface area (Å²) < 4.78 is 4.83. The van der Waals surface area contributed by atoms with Crippen molar-refractivity contribution in [3.63, 3.8) is 0 Å². The first-order chi connectivity index (χ1) is 4.74. The van der Waals surface area contributed by atoms with E-state index in [1.807, 2.05) is 6.92 Å². The van der Waals surface area contributed by atoms with Gasteiger partial charge in [0.15, 0.2) is 6.26 Å². The number of furan rings is 1. The molecule has 0 spiro atoms. The molecule has 0 unspecified atom stereocenters. The number of nitrogens with zero attached hydrogens (tertiary/aromatic N) is 1. The molecule has 0 saturated carbocycles. The van der Waals surface area contributed by atoms with Crippen LogP contribution in [0.1, 0.15) is 12.7 Å². The fourth-order valence-electron chi connectivity index (χ4n) is 0.650. The van der Waals surface area contributed by atoms with Crippen molar-refractivity contribution < 1.29 is 9.34 Å². The normalized spacial score (nSPS) is 9.70. The molecule has 1 aromatic rings. The Morgan fingerprint density at radius 1 is 1.80 bits per heavy atom. The highest BCUT2D eigenvalue weighted by atomic mass is 16.6. The molecule has 0 fully saturated rings. The molecular weight excluding hydrogens is 134 g/mol. The number of rotatable bonds is 2. The average molecular weight is 141 g/mol. The van der Waals surface area contributed by atoms with Gasteiger partial charge in [-0.25, -0.2) is 0 Å². The van der Waals surface area contributed by atoms with Gasteiger partial charge in [-0.2, -0.15) is 0 Å². The van der Waals surface area contributed by atoms with E-state index < -0.39 is 4.92 Å². The van der Waals surface area contributed by atoms with Gasteiger partial charge in [-0.1, -0.05) is 6.92 Å². The van der Waals surface area contributed by atoms with Crippen LogP contribution in [0.4, 0.5) is 5.69 Å². The molecule has 0 aromatic carbocycles. The highest BCUT2D eigenvalue weighted by Crippen LogP contribution is 2.15. The SMILES string of the molecule is CCc1cc([N+](=O)[O-])co1. The van der Waals surface area contributed by atoms with Crippen LogP contribution in [0.5, 0.6) is 0 Å². The van der Waals surface area contributed by atoms with Gasteiger partial charge in [-0.3, -0.25) is 10.1 Å². The zero-order valence-corrected chi connectivity index (χ0v) is 5.53. The second kappa shape index (κ2) is 2.51. The van der Waals surface area contributed by atoms with Gasteiger partial charge in [-0.15, -0.1) is 0 Å². The van der Waals surface area contributed by atoms with Crippen LogP contribution in [0.2, 0.25) is 0 Å². The molecule has 0 atom stereocenters. The second-order valence-electron chi connectivity index (χ2n) is 1.88. The Morgan fingerprint density at radius 3 is 2.80 bits per heavy atom. The van der Waals surface area contributed by atoms with Crippen LogP contribution in [0.15, 0.2) is 16.7 Å². The Bertz CT molecular complexity index is 241. The van der Waals surface area contributed by atoms with E-state index in [9.17, 15) is 10.1 Å². The molecular formula is C6H7NO3. The van der Waals surface area contributed by atoms with Gasteiger partial charge in [0.1, 0.15) is 5.76 Å². The van der Waals surface area contributed by atoms with Crippen molar-refractivity contribution >= 4 is 5.69 Å². The molecule has 4 heteroatoms. The number of aryl methyl sites for hydroxylation is 1. The molecule has 1 aromatic heterocycles. The smallest absolute Gasteiger partial charge is 0.307 e. The zero-order valence-electron chi connectivity index (χ0n) is 5.53. The minimum atomic E-state index is -0.470. The first-order valence-corrected chi connectivity index (χ1v) is 2.96. The van der Waals surface area contributed by atoms with Crippen molar-refractivity contribution in [3.8, 4) is 0 Å². The molecule has 54 valence electrons. The molecule has 4 nitrogen and oxygen atoms in total. The van der Waals surface area contributed by atoms with Gasteiger partial charge in [0.25, 0.3) is 0 Å². The lowest BCUT2D eigenvalue weighted by Gasteiger charge is -1.79. The summed E-state index contributed by atoms with van der Waals surface area (Å²) in [7, 11) is 0. The summed E-state index contributed by atoms with van der Waals surface area (Å²) in [6, 6.07) is 1.43. The van der Waals surface area contributed by atoms with Crippen molar-refractivity contribution in [1.82, 2.24) is 0 Å². The van der Waals surface area contributed by atoms with E-state index in [2.05, 4.69) is 0 Å². The zero-order chi connectivity index (χ0) is 7.56. The molecule has 1 heterocycles. The van der Waals surface area contributed by atoms with Crippen molar-refractivity contribution in [2.45, 2.75) is 13.3 Å². The molecule has 0 amide bonds. The lowest BCUT2D eigenvalue weighted by molar-refractivity contribution is -0.385. The molecule has 10 heavy (non-hydrogen) atoms. The van der Waals surface area contributed by atoms with E-state index in [4.69, 9.17) is 4.42 Å². The number of hydrogen-bond acceptors (Lipinski definition) is 3. The fraction of sp³-hybridized carbons (Fsp3) is 0.333. The third kappa shape index (κ3) is 1.15. The molecule has 0 aliphatic rings. The summed E-state index contributed by atoms with van der Waals surface area (Å²) in [4.78, 5) is 9.61. The van der Waals surface area contributed by atoms with Crippen LogP contribution < -0.4 is 0 Å². The average Bonchev–Trinajstić information content (AvgIpc) is 2.34. The monoisotopic (exact) mass is 141 g/mol. The highest BCUT2D eigenvalue weighted by molar-refractivity contribution is 5.26. The van der Waals surface area contributed by atoms with E-state index in [-0.39, 0.29) is 5.69 Å². The fourth-order valence-corrected chi connectivity index (χ4v) is 0.650. The molecule has 0 saturated heterocycles. The van der Waals surface area contributed by atoms with Crippen molar-refractivity contribution in [1.29, 1.82) is 0 Å². The summed E-state index contributed by atoms with van der Waals surface area (Å²) >= 11 is 0. The number of nitro groups is 1. The van der Waals surface area contributed by atoms with Crippen LogP contribution >= 0.6 is 0 Å². The van der Waals surface area contributed by atoms with Gasteiger partial charge in [-0.05, 0) is 0 Å². The van der Waals surface area contributed by atoms with Crippen LogP contribution in [-0.2, 0) is 6.42 Å². The summed E-state index contributed by atoms with van der Waals surface area (Å²) in [6.07, 6.45) is 1.84. The Hall–Kier alpha value is -1.32. The maximum Gasteiger partial charge on any atom is 0.307 e. The van der Waals surface area contributed by atoms with Gasteiger partial charge >= 0.3 is 5.69 Å². The summed E-state index contributed by atoms with van der Waals surface area (Å²) in [5.74, 6) is 0.645. The van der Waals surface area contributed by atoms with Crippen molar-refractivity contribution in [3.05, 3.63) is 28.2 Å². The molecule has 0 N–H and O–H groups in total. The summed E-state index contributed by atoms with van der Waals surface area (Å²) in [6.45, 7) is 1.88. The van der Waals surface area contributed by atoms with E-state index in [1.54, 1.807) is 0 Å². The molecule has 1 rings (SSSR count). The summed E-state index contributed by atoms with van der Waals surface area (Å²) in [5.41, 5.74) is 0.0249. The first kappa shape index (κ1) is 6.80. The predicted molar refractivity (Wildman–Crippen MR) is 34.7 cm³/mol. The van der Waals surface area contributed by atoms with E-state index >= 15 is 0 Å². The van der Waals surface area contributed by atoms with E-state index in [0.717, 1.165) is 6.26 Å². The van der Waals surface area contributed by atoms with E-state index in [1.165, 1.54) is 6.07 Å². The van der Waals surface area contributed by atoms with Gasteiger partial charge < -0.3 is 4.42 Å². The molecule has 0 aliphatic carbocycles. The predicted octanol–water partition coefficient (Wildman–Crippen LogP) is 1.75. The van der Waals surface area contributed by atoms with Crippen LogP contribution in [-0.4, -0.2) is 4.92 Å². The maximum atomic E-state index is 10.1. The second-order valence-corrected chi connectivity index (χ2v) is 1.88.